The van der Waals surface area contributed by atoms with Crippen molar-refractivity contribution in [2.75, 3.05) is 13.6 Å². The van der Waals surface area contributed by atoms with Crippen molar-refractivity contribution in [3.8, 4) is 5.75 Å². The van der Waals surface area contributed by atoms with Crippen LogP contribution in [0.4, 0.5) is 0 Å². The standard InChI is InChI=1S/C14H21NO/c1-15-8-7-13-9-11-5-3-2-4-6-12(11)10-14(13)16/h9-10,15-16H,2-8H2,1H3. The van der Waals surface area contributed by atoms with Crippen LogP contribution in [0.1, 0.15) is 36.0 Å². The Balaban J connectivity index is 2.24. The summed E-state index contributed by atoms with van der Waals surface area (Å²) in [4.78, 5) is 0. The Morgan fingerprint density at radius 1 is 1.12 bits per heavy atom. The molecule has 0 bridgehead atoms. The van der Waals surface area contributed by atoms with Crippen LogP contribution in [-0.2, 0) is 19.3 Å². The molecule has 0 atom stereocenters. The SMILES string of the molecule is CNCCc1cc2c(cc1O)CCCCC2. The molecule has 1 aliphatic rings. The molecule has 1 aromatic carbocycles. The average molecular weight is 219 g/mol. The number of hydrogen-bond acceptors (Lipinski definition) is 2. The summed E-state index contributed by atoms with van der Waals surface area (Å²) >= 11 is 0. The second-order valence-electron chi connectivity index (χ2n) is 4.66. The van der Waals surface area contributed by atoms with Crippen LogP contribution in [0.3, 0.4) is 0 Å². The van der Waals surface area contributed by atoms with Gasteiger partial charge in [-0.15, -0.1) is 0 Å². The molecular formula is C14H21NO. The number of fused-ring (bicyclic) bond motifs is 1. The monoisotopic (exact) mass is 219 g/mol. The maximum absolute atomic E-state index is 9.96. The van der Waals surface area contributed by atoms with Crippen LogP contribution in [0.2, 0.25) is 0 Å². The van der Waals surface area contributed by atoms with Gasteiger partial charge in [0.05, 0.1) is 0 Å². The highest BCUT2D eigenvalue weighted by atomic mass is 16.3. The van der Waals surface area contributed by atoms with Crippen molar-refractivity contribution in [3.05, 3.63) is 28.8 Å². The lowest BCUT2D eigenvalue weighted by molar-refractivity contribution is 0.466. The van der Waals surface area contributed by atoms with E-state index < -0.39 is 0 Å². The Hall–Kier alpha value is -1.02. The molecule has 0 aliphatic heterocycles. The maximum atomic E-state index is 9.96. The zero-order chi connectivity index (χ0) is 11.4. The number of benzene rings is 1. The van der Waals surface area contributed by atoms with Gasteiger partial charge in [0.15, 0.2) is 0 Å². The van der Waals surface area contributed by atoms with E-state index in [0.717, 1.165) is 24.9 Å². The molecule has 0 saturated carbocycles. The van der Waals surface area contributed by atoms with Gasteiger partial charge in [-0.05, 0) is 68.5 Å². The summed E-state index contributed by atoms with van der Waals surface area (Å²) in [7, 11) is 1.94. The van der Waals surface area contributed by atoms with E-state index in [1.807, 2.05) is 13.1 Å². The molecule has 16 heavy (non-hydrogen) atoms. The zero-order valence-electron chi connectivity index (χ0n) is 10.1. The predicted molar refractivity (Wildman–Crippen MR) is 67.0 cm³/mol. The number of likely N-dealkylation sites (N-methyl/N-ethyl adjacent to an activating group) is 1. The van der Waals surface area contributed by atoms with Crippen molar-refractivity contribution < 1.29 is 5.11 Å². The van der Waals surface area contributed by atoms with Crippen molar-refractivity contribution in [2.24, 2.45) is 0 Å². The molecule has 2 N–H and O–H groups in total. The van der Waals surface area contributed by atoms with Crippen molar-refractivity contribution >= 4 is 0 Å². The Morgan fingerprint density at radius 3 is 2.50 bits per heavy atom. The van der Waals surface area contributed by atoms with Crippen molar-refractivity contribution in [1.82, 2.24) is 5.32 Å². The highest BCUT2D eigenvalue weighted by Gasteiger charge is 2.11. The molecule has 2 rings (SSSR count). The maximum Gasteiger partial charge on any atom is 0.119 e. The highest BCUT2D eigenvalue weighted by Crippen LogP contribution is 2.28. The molecule has 0 heterocycles. The van der Waals surface area contributed by atoms with E-state index in [2.05, 4.69) is 11.4 Å². The fraction of sp³-hybridized carbons (Fsp3) is 0.571. The predicted octanol–water partition coefficient (Wildman–Crippen LogP) is 2.42. The van der Waals surface area contributed by atoms with Gasteiger partial charge < -0.3 is 10.4 Å². The fourth-order valence-corrected chi connectivity index (χ4v) is 2.46. The molecule has 0 amide bonds. The molecule has 0 spiro atoms. The number of hydrogen-bond donors (Lipinski definition) is 2. The van der Waals surface area contributed by atoms with E-state index in [-0.39, 0.29) is 0 Å². The Bertz CT molecular complexity index is 360. The van der Waals surface area contributed by atoms with Crippen LogP contribution in [0.25, 0.3) is 0 Å². The molecule has 1 aromatic rings. The normalized spacial score (nSPS) is 15.6. The highest BCUT2D eigenvalue weighted by molar-refractivity contribution is 5.42. The largest absolute Gasteiger partial charge is 0.508 e. The third-order valence-electron chi connectivity index (χ3n) is 3.44. The summed E-state index contributed by atoms with van der Waals surface area (Å²) in [6.45, 7) is 0.923. The summed E-state index contributed by atoms with van der Waals surface area (Å²) in [6, 6.07) is 4.21. The van der Waals surface area contributed by atoms with Gasteiger partial charge in [0.2, 0.25) is 0 Å². The Morgan fingerprint density at radius 2 is 1.81 bits per heavy atom. The smallest absolute Gasteiger partial charge is 0.119 e. The molecular weight excluding hydrogens is 198 g/mol. The van der Waals surface area contributed by atoms with Crippen LogP contribution >= 0.6 is 0 Å². The summed E-state index contributed by atoms with van der Waals surface area (Å²) < 4.78 is 0. The van der Waals surface area contributed by atoms with Gasteiger partial charge in [0.25, 0.3) is 0 Å². The van der Waals surface area contributed by atoms with Crippen LogP contribution in [0.5, 0.6) is 5.75 Å². The van der Waals surface area contributed by atoms with Crippen molar-refractivity contribution in [3.63, 3.8) is 0 Å². The number of aryl methyl sites for hydroxylation is 2. The lowest BCUT2D eigenvalue weighted by Gasteiger charge is -2.11. The second kappa shape index (κ2) is 5.35. The summed E-state index contributed by atoms with van der Waals surface area (Å²) in [5.74, 6) is 0.482. The quantitative estimate of drug-likeness (QED) is 0.765. The minimum Gasteiger partial charge on any atom is -0.508 e. The number of phenols is 1. The topological polar surface area (TPSA) is 32.3 Å². The molecule has 0 aromatic heterocycles. The Labute approximate surface area is 97.7 Å². The number of nitrogens with one attached hydrogen (secondary N) is 1. The summed E-state index contributed by atoms with van der Waals surface area (Å²) in [6.07, 6.45) is 7.11. The first kappa shape index (κ1) is 11.5. The van der Waals surface area contributed by atoms with Crippen LogP contribution in [0.15, 0.2) is 12.1 Å². The number of aromatic hydroxyl groups is 1. The first-order valence-corrected chi connectivity index (χ1v) is 6.29. The Kier molecular flexibility index (Phi) is 3.83. The van der Waals surface area contributed by atoms with Gasteiger partial charge in [-0.3, -0.25) is 0 Å². The first-order chi connectivity index (χ1) is 7.81. The van der Waals surface area contributed by atoms with Crippen molar-refractivity contribution in [1.29, 1.82) is 0 Å². The van der Waals surface area contributed by atoms with Crippen molar-refractivity contribution in [2.45, 2.75) is 38.5 Å². The van der Waals surface area contributed by atoms with Gasteiger partial charge in [0, 0.05) is 0 Å². The average Bonchev–Trinajstić information content (AvgIpc) is 2.50. The van der Waals surface area contributed by atoms with E-state index in [9.17, 15) is 5.11 Å². The molecule has 88 valence electrons. The van der Waals surface area contributed by atoms with E-state index in [1.54, 1.807) is 0 Å². The lowest BCUT2D eigenvalue weighted by atomic mass is 9.98. The first-order valence-electron chi connectivity index (χ1n) is 6.29. The van der Waals surface area contributed by atoms with Gasteiger partial charge in [-0.2, -0.15) is 0 Å². The summed E-state index contributed by atoms with van der Waals surface area (Å²) in [5.41, 5.74) is 3.92. The molecule has 0 unspecified atom stereocenters. The molecule has 0 saturated heterocycles. The minimum atomic E-state index is 0.482. The van der Waals surface area contributed by atoms with E-state index in [4.69, 9.17) is 0 Å². The molecule has 2 nitrogen and oxygen atoms in total. The van der Waals surface area contributed by atoms with E-state index in [1.165, 1.54) is 36.8 Å². The third-order valence-corrected chi connectivity index (χ3v) is 3.44. The van der Waals surface area contributed by atoms with Gasteiger partial charge in [-0.1, -0.05) is 12.5 Å². The summed E-state index contributed by atoms with van der Waals surface area (Å²) in [5, 5.41) is 13.1. The fourth-order valence-electron chi connectivity index (χ4n) is 2.46. The van der Waals surface area contributed by atoms with Gasteiger partial charge in [0.1, 0.15) is 5.75 Å². The second-order valence-corrected chi connectivity index (χ2v) is 4.66. The number of phenolic OH excluding ortho intramolecular Hbond substituents is 1. The zero-order valence-corrected chi connectivity index (χ0v) is 10.1. The van der Waals surface area contributed by atoms with E-state index >= 15 is 0 Å². The lowest BCUT2D eigenvalue weighted by Crippen LogP contribution is -2.10. The van der Waals surface area contributed by atoms with Gasteiger partial charge >= 0.3 is 0 Å². The molecule has 2 heteroatoms. The van der Waals surface area contributed by atoms with E-state index in [0.29, 0.717) is 5.75 Å². The number of rotatable bonds is 3. The van der Waals surface area contributed by atoms with Crippen LogP contribution in [0, 0.1) is 0 Å². The minimum absolute atomic E-state index is 0.482. The molecule has 1 aliphatic carbocycles. The van der Waals surface area contributed by atoms with Crippen LogP contribution in [-0.4, -0.2) is 18.7 Å². The third kappa shape index (κ3) is 2.56. The van der Waals surface area contributed by atoms with Gasteiger partial charge in [-0.25, -0.2) is 0 Å². The molecule has 0 radical (unpaired) electrons. The molecule has 0 fully saturated rings. The van der Waals surface area contributed by atoms with Crippen LogP contribution < -0.4 is 5.32 Å².